The lowest BCUT2D eigenvalue weighted by atomic mass is 10.2. The van der Waals surface area contributed by atoms with Crippen molar-refractivity contribution in [2.75, 3.05) is 36.0 Å². The zero-order chi connectivity index (χ0) is 21.8. The van der Waals surface area contributed by atoms with Crippen LogP contribution in [0.3, 0.4) is 0 Å². The van der Waals surface area contributed by atoms with Crippen molar-refractivity contribution >= 4 is 11.8 Å². The van der Waals surface area contributed by atoms with E-state index in [1.165, 1.54) is 30.3 Å². The fourth-order valence-electron chi connectivity index (χ4n) is 3.25. The van der Waals surface area contributed by atoms with Gasteiger partial charge in [0.25, 0.3) is 0 Å². The molecule has 1 fully saturated rings. The number of pyridine rings is 1. The molecule has 0 bridgehead atoms. The number of halogens is 4. The number of aromatic nitrogens is 3. The summed E-state index contributed by atoms with van der Waals surface area (Å²) in [6.45, 7) is 2.46. The largest absolute Gasteiger partial charge is 0.439 e. The van der Waals surface area contributed by atoms with Gasteiger partial charge in [-0.15, -0.1) is 0 Å². The van der Waals surface area contributed by atoms with E-state index in [0.29, 0.717) is 49.6 Å². The van der Waals surface area contributed by atoms with Crippen molar-refractivity contribution in [2.45, 2.75) is 12.6 Å². The van der Waals surface area contributed by atoms with Gasteiger partial charge < -0.3 is 14.5 Å². The molecular formula is C21H19F4N5O. The Bertz CT molecular complexity index is 1010. The first-order chi connectivity index (χ1) is 14.9. The maximum Gasteiger partial charge on any atom is 0.417 e. The Kier molecular flexibility index (Phi) is 5.88. The zero-order valence-corrected chi connectivity index (χ0v) is 16.4. The maximum atomic E-state index is 13.1. The third kappa shape index (κ3) is 5.19. The summed E-state index contributed by atoms with van der Waals surface area (Å²) in [5, 5.41) is 0. The van der Waals surface area contributed by atoms with E-state index in [1.54, 1.807) is 12.3 Å². The summed E-state index contributed by atoms with van der Waals surface area (Å²) < 4.78 is 57.0. The van der Waals surface area contributed by atoms with E-state index in [0.717, 1.165) is 18.7 Å². The first-order valence-corrected chi connectivity index (χ1v) is 9.68. The van der Waals surface area contributed by atoms with Crippen molar-refractivity contribution < 1.29 is 22.3 Å². The van der Waals surface area contributed by atoms with Gasteiger partial charge in [-0.25, -0.2) is 14.4 Å². The predicted molar refractivity (Wildman–Crippen MR) is 107 cm³/mol. The summed E-state index contributed by atoms with van der Waals surface area (Å²) in [7, 11) is 0. The van der Waals surface area contributed by atoms with Gasteiger partial charge in [-0.3, -0.25) is 0 Å². The molecular weight excluding hydrogens is 414 g/mol. The van der Waals surface area contributed by atoms with Crippen molar-refractivity contribution in [1.82, 2.24) is 15.0 Å². The van der Waals surface area contributed by atoms with E-state index in [1.807, 2.05) is 9.80 Å². The number of nitrogens with zero attached hydrogens (tertiary/aromatic N) is 5. The van der Waals surface area contributed by atoms with Crippen molar-refractivity contribution in [3.05, 3.63) is 66.2 Å². The summed E-state index contributed by atoms with van der Waals surface area (Å²) in [4.78, 5) is 16.7. The van der Waals surface area contributed by atoms with Gasteiger partial charge in [-0.05, 0) is 42.8 Å². The average Bonchev–Trinajstić information content (AvgIpc) is 3.02. The molecule has 0 atom stereocenters. The first-order valence-electron chi connectivity index (χ1n) is 9.68. The molecule has 3 aromatic rings. The lowest BCUT2D eigenvalue weighted by Crippen LogP contribution is -2.32. The molecule has 0 saturated carbocycles. The highest BCUT2D eigenvalue weighted by atomic mass is 19.4. The van der Waals surface area contributed by atoms with Crippen LogP contribution in [0, 0.1) is 5.82 Å². The molecule has 1 saturated heterocycles. The molecule has 1 aromatic carbocycles. The topological polar surface area (TPSA) is 54.4 Å². The highest BCUT2D eigenvalue weighted by molar-refractivity contribution is 5.42. The number of alkyl halides is 3. The Morgan fingerprint density at radius 2 is 1.58 bits per heavy atom. The van der Waals surface area contributed by atoms with E-state index in [4.69, 9.17) is 4.74 Å². The monoisotopic (exact) mass is 433 g/mol. The molecule has 10 heteroatoms. The van der Waals surface area contributed by atoms with E-state index < -0.39 is 11.7 Å². The average molecular weight is 433 g/mol. The molecule has 2 aromatic heterocycles. The molecule has 0 spiro atoms. The van der Waals surface area contributed by atoms with Crippen LogP contribution >= 0.6 is 0 Å². The quantitative estimate of drug-likeness (QED) is 0.564. The van der Waals surface area contributed by atoms with E-state index in [-0.39, 0.29) is 5.82 Å². The molecule has 1 aliphatic heterocycles. The standard InChI is InChI=1S/C21H19F4N5O/c22-16-3-5-17(6-4-16)31-19-8-9-26-20(28-19)30-11-1-10-29(12-13-30)18-7-2-15(14-27-18)21(23,24)25/h2-9,14H,1,10-13H2. The van der Waals surface area contributed by atoms with Crippen LogP contribution in [-0.2, 0) is 6.18 Å². The second-order valence-electron chi connectivity index (χ2n) is 6.98. The van der Waals surface area contributed by atoms with Gasteiger partial charge in [0.15, 0.2) is 0 Å². The fraction of sp³-hybridized carbons (Fsp3) is 0.286. The predicted octanol–water partition coefficient (Wildman–Crippen LogP) is 4.54. The second kappa shape index (κ2) is 8.75. The lowest BCUT2D eigenvalue weighted by Gasteiger charge is -2.23. The van der Waals surface area contributed by atoms with Crippen LogP contribution in [-0.4, -0.2) is 41.1 Å². The summed E-state index contributed by atoms with van der Waals surface area (Å²) in [5.74, 6) is 1.43. The minimum absolute atomic E-state index is 0.335. The molecule has 4 rings (SSSR count). The van der Waals surface area contributed by atoms with Crippen molar-refractivity contribution in [2.24, 2.45) is 0 Å². The summed E-state index contributed by atoms with van der Waals surface area (Å²) in [5.41, 5.74) is -0.765. The smallest absolute Gasteiger partial charge is 0.417 e. The molecule has 162 valence electrons. The molecule has 0 aliphatic carbocycles. The number of hydrogen-bond acceptors (Lipinski definition) is 6. The molecule has 0 radical (unpaired) electrons. The van der Waals surface area contributed by atoms with Crippen LogP contribution in [0.25, 0.3) is 0 Å². The Labute approximate surface area is 176 Å². The van der Waals surface area contributed by atoms with Gasteiger partial charge in [0.1, 0.15) is 17.4 Å². The van der Waals surface area contributed by atoms with Crippen LogP contribution in [0.5, 0.6) is 11.6 Å². The highest BCUT2D eigenvalue weighted by Gasteiger charge is 2.31. The SMILES string of the molecule is Fc1ccc(Oc2ccnc(N3CCCN(c4ccc(C(F)(F)F)cn4)CC3)n2)cc1. The third-order valence-electron chi connectivity index (χ3n) is 4.83. The number of hydrogen-bond donors (Lipinski definition) is 0. The summed E-state index contributed by atoms with van der Waals surface area (Å²) in [6.07, 6.45) is -1.20. The Morgan fingerprint density at radius 1 is 0.839 bits per heavy atom. The van der Waals surface area contributed by atoms with Crippen molar-refractivity contribution in [3.8, 4) is 11.6 Å². The van der Waals surface area contributed by atoms with Gasteiger partial charge in [0.05, 0.1) is 5.56 Å². The Morgan fingerprint density at radius 3 is 2.29 bits per heavy atom. The first kappa shape index (κ1) is 20.8. The van der Waals surface area contributed by atoms with E-state index in [9.17, 15) is 17.6 Å². The minimum atomic E-state index is -4.40. The molecule has 1 aliphatic rings. The number of ether oxygens (including phenoxy) is 1. The Hall–Kier alpha value is -3.43. The summed E-state index contributed by atoms with van der Waals surface area (Å²) in [6, 6.07) is 9.68. The van der Waals surface area contributed by atoms with Gasteiger partial charge >= 0.3 is 6.18 Å². The molecule has 0 unspecified atom stereocenters. The zero-order valence-electron chi connectivity index (χ0n) is 16.4. The van der Waals surface area contributed by atoms with Crippen molar-refractivity contribution in [3.63, 3.8) is 0 Å². The normalized spacial score (nSPS) is 15.0. The van der Waals surface area contributed by atoms with E-state index in [2.05, 4.69) is 15.0 Å². The molecule has 31 heavy (non-hydrogen) atoms. The van der Waals surface area contributed by atoms with Crippen LogP contribution in [0.15, 0.2) is 54.9 Å². The summed E-state index contributed by atoms with van der Waals surface area (Å²) >= 11 is 0. The van der Waals surface area contributed by atoms with Crippen molar-refractivity contribution in [1.29, 1.82) is 0 Å². The molecule has 3 heterocycles. The number of rotatable bonds is 4. The van der Waals surface area contributed by atoms with Crippen LogP contribution in [0.2, 0.25) is 0 Å². The fourth-order valence-corrected chi connectivity index (χ4v) is 3.25. The van der Waals surface area contributed by atoms with Crippen LogP contribution in [0.4, 0.5) is 29.3 Å². The second-order valence-corrected chi connectivity index (χ2v) is 6.98. The van der Waals surface area contributed by atoms with Gasteiger partial charge in [-0.1, -0.05) is 0 Å². The van der Waals surface area contributed by atoms with Gasteiger partial charge in [0.2, 0.25) is 11.8 Å². The maximum absolute atomic E-state index is 13.1. The van der Waals surface area contributed by atoms with Crippen LogP contribution < -0.4 is 14.5 Å². The molecule has 0 N–H and O–H groups in total. The lowest BCUT2D eigenvalue weighted by molar-refractivity contribution is -0.137. The number of anilines is 2. The van der Waals surface area contributed by atoms with E-state index >= 15 is 0 Å². The minimum Gasteiger partial charge on any atom is -0.439 e. The molecule has 6 nitrogen and oxygen atoms in total. The van der Waals surface area contributed by atoms with Gasteiger partial charge in [0, 0.05) is 44.6 Å². The van der Waals surface area contributed by atoms with Crippen LogP contribution in [0.1, 0.15) is 12.0 Å². The third-order valence-corrected chi connectivity index (χ3v) is 4.83. The van der Waals surface area contributed by atoms with Gasteiger partial charge in [-0.2, -0.15) is 18.2 Å². The highest BCUT2D eigenvalue weighted by Crippen LogP contribution is 2.29. The Balaban J connectivity index is 1.42. The number of benzene rings is 1. The molecule has 0 amide bonds.